The van der Waals surface area contributed by atoms with E-state index in [1.807, 2.05) is 0 Å². The summed E-state index contributed by atoms with van der Waals surface area (Å²) in [4.78, 5) is 24.3. The van der Waals surface area contributed by atoms with Crippen LogP contribution < -0.4 is 9.62 Å². The molecule has 1 amide bonds. The first kappa shape index (κ1) is 23.5. The highest BCUT2D eigenvalue weighted by molar-refractivity contribution is 7.92. The molecule has 9 heteroatoms. The molecule has 170 valence electrons. The van der Waals surface area contributed by atoms with Gasteiger partial charge in [-0.05, 0) is 43.2 Å². The van der Waals surface area contributed by atoms with E-state index in [2.05, 4.69) is 11.9 Å². The van der Waals surface area contributed by atoms with Crippen molar-refractivity contribution in [2.45, 2.75) is 23.8 Å². The molecule has 2 aromatic carbocycles. The number of anilines is 1. The van der Waals surface area contributed by atoms with Crippen LogP contribution in [0.5, 0.6) is 0 Å². The van der Waals surface area contributed by atoms with E-state index in [1.54, 1.807) is 30.3 Å². The van der Waals surface area contributed by atoms with Crippen LogP contribution in [0.3, 0.4) is 0 Å². The van der Waals surface area contributed by atoms with Crippen LogP contribution in [0.15, 0.2) is 72.1 Å². The van der Waals surface area contributed by atoms with Gasteiger partial charge in [-0.3, -0.25) is 9.10 Å². The predicted molar refractivity (Wildman–Crippen MR) is 120 cm³/mol. The molecule has 1 saturated heterocycles. The molecule has 2 aromatic rings. The third kappa shape index (κ3) is 5.95. The lowest BCUT2D eigenvalue weighted by Gasteiger charge is -2.23. The first-order chi connectivity index (χ1) is 15.4. The van der Waals surface area contributed by atoms with Crippen molar-refractivity contribution < 1.29 is 27.5 Å². The second-order valence-corrected chi connectivity index (χ2v) is 9.07. The number of nitrogens with one attached hydrogen (secondary N) is 1. The van der Waals surface area contributed by atoms with E-state index in [0.717, 1.165) is 12.8 Å². The molecule has 0 spiro atoms. The normalized spacial score (nSPS) is 15.7. The van der Waals surface area contributed by atoms with Crippen LogP contribution in [0.1, 0.15) is 23.2 Å². The number of para-hydroxylation sites is 1. The van der Waals surface area contributed by atoms with Crippen LogP contribution >= 0.6 is 0 Å². The number of rotatable bonds is 10. The third-order valence-electron chi connectivity index (χ3n) is 4.88. The zero-order valence-corrected chi connectivity index (χ0v) is 18.4. The van der Waals surface area contributed by atoms with Crippen molar-refractivity contribution in [3.05, 3.63) is 72.8 Å². The van der Waals surface area contributed by atoms with Gasteiger partial charge < -0.3 is 14.8 Å². The topological polar surface area (TPSA) is 102 Å². The minimum atomic E-state index is -3.96. The SMILES string of the molecule is C=CCN(c1ccccc1)S(=O)(=O)c1cccc(C(=O)OCC(=O)NCC2CCCO2)c1. The van der Waals surface area contributed by atoms with Crippen molar-refractivity contribution in [1.29, 1.82) is 0 Å². The molecule has 0 saturated carbocycles. The van der Waals surface area contributed by atoms with Gasteiger partial charge >= 0.3 is 5.97 Å². The Morgan fingerprint density at radius 2 is 1.97 bits per heavy atom. The number of sulfonamides is 1. The van der Waals surface area contributed by atoms with E-state index in [9.17, 15) is 18.0 Å². The van der Waals surface area contributed by atoms with Crippen molar-refractivity contribution in [1.82, 2.24) is 5.32 Å². The number of esters is 1. The second kappa shape index (κ2) is 10.9. The van der Waals surface area contributed by atoms with Crippen LogP contribution in [0.2, 0.25) is 0 Å². The lowest BCUT2D eigenvalue weighted by molar-refractivity contribution is -0.124. The average molecular weight is 459 g/mol. The number of hydrogen-bond acceptors (Lipinski definition) is 6. The highest BCUT2D eigenvalue weighted by Gasteiger charge is 2.25. The monoisotopic (exact) mass is 458 g/mol. The summed E-state index contributed by atoms with van der Waals surface area (Å²) in [5.41, 5.74) is 0.507. The van der Waals surface area contributed by atoms with E-state index >= 15 is 0 Å². The summed E-state index contributed by atoms with van der Waals surface area (Å²) in [6, 6.07) is 14.1. The Kier molecular flexibility index (Phi) is 8.02. The maximum atomic E-state index is 13.2. The number of hydrogen-bond donors (Lipinski definition) is 1. The van der Waals surface area contributed by atoms with Crippen molar-refractivity contribution >= 4 is 27.6 Å². The van der Waals surface area contributed by atoms with Crippen molar-refractivity contribution in [3.8, 4) is 0 Å². The number of ether oxygens (including phenoxy) is 2. The first-order valence-electron chi connectivity index (χ1n) is 10.3. The standard InChI is InChI=1S/C23H26N2O6S/c1-2-13-25(19-9-4-3-5-10-19)32(28,29)21-12-6-8-18(15-21)23(27)31-17-22(26)24-16-20-11-7-14-30-20/h2-6,8-10,12,15,20H,1,7,11,13-14,16-17H2,(H,24,26). The molecule has 0 bridgehead atoms. The number of carbonyl (C=O) groups excluding carboxylic acids is 2. The highest BCUT2D eigenvalue weighted by atomic mass is 32.2. The first-order valence-corrected chi connectivity index (χ1v) is 11.7. The lowest BCUT2D eigenvalue weighted by Crippen LogP contribution is -2.34. The zero-order valence-electron chi connectivity index (χ0n) is 17.6. The minimum Gasteiger partial charge on any atom is -0.452 e. The summed E-state index contributed by atoms with van der Waals surface area (Å²) in [6.07, 6.45) is 3.31. The molecule has 32 heavy (non-hydrogen) atoms. The quantitative estimate of drug-likeness (QED) is 0.434. The van der Waals surface area contributed by atoms with Gasteiger partial charge in [-0.25, -0.2) is 13.2 Å². The van der Waals surface area contributed by atoms with Crippen molar-refractivity contribution in [2.75, 3.05) is 30.6 Å². The van der Waals surface area contributed by atoms with Crippen LogP contribution in [0.25, 0.3) is 0 Å². The average Bonchev–Trinajstić information content (AvgIpc) is 3.34. The van der Waals surface area contributed by atoms with Crippen LogP contribution in [-0.2, 0) is 24.3 Å². The smallest absolute Gasteiger partial charge is 0.338 e. The molecule has 1 unspecified atom stereocenters. The third-order valence-corrected chi connectivity index (χ3v) is 6.67. The Morgan fingerprint density at radius 1 is 1.19 bits per heavy atom. The molecular weight excluding hydrogens is 432 g/mol. The molecule has 0 radical (unpaired) electrons. The van der Waals surface area contributed by atoms with Gasteiger partial charge in [0.15, 0.2) is 6.61 Å². The summed E-state index contributed by atoms with van der Waals surface area (Å²) < 4.78 is 38.1. The summed E-state index contributed by atoms with van der Waals surface area (Å²) in [5, 5.41) is 2.66. The summed E-state index contributed by atoms with van der Waals surface area (Å²) in [6.45, 7) is 4.28. The van der Waals surface area contributed by atoms with E-state index in [1.165, 1.54) is 34.6 Å². The Hall–Kier alpha value is -3.17. The Balaban J connectivity index is 1.67. The molecule has 0 aromatic heterocycles. The van der Waals surface area contributed by atoms with E-state index in [0.29, 0.717) is 18.8 Å². The molecule has 1 fully saturated rings. The Morgan fingerprint density at radius 3 is 2.66 bits per heavy atom. The lowest BCUT2D eigenvalue weighted by atomic mass is 10.2. The van der Waals surface area contributed by atoms with Gasteiger partial charge in [0, 0.05) is 13.2 Å². The molecular formula is C23H26N2O6S. The van der Waals surface area contributed by atoms with Crippen LogP contribution in [0, 0.1) is 0 Å². The highest BCUT2D eigenvalue weighted by Crippen LogP contribution is 2.24. The molecule has 1 heterocycles. The molecule has 1 aliphatic heterocycles. The fourth-order valence-corrected chi connectivity index (χ4v) is 4.74. The Labute approximate surface area is 187 Å². The van der Waals surface area contributed by atoms with E-state index in [4.69, 9.17) is 9.47 Å². The summed E-state index contributed by atoms with van der Waals surface area (Å²) in [7, 11) is -3.96. The number of carbonyl (C=O) groups is 2. The predicted octanol–water partition coefficient (Wildman–Crippen LogP) is 2.52. The Bertz CT molecular complexity index is 1050. The largest absolute Gasteiger partial charge is 0.452 e. The fourth-order valence-electron chi connectivity index (χ4n) is 3.26. The fraction of sp³-hybridized carbons (Fsp3) is 0.304. The van der Waals surface area contributed by atoms with Gasteiger partial charge in [-0.2, -0.15) is 0 Å². The van der Waals surface area contributed by atoms with Gasteiger partial charge in [0.1, 0.15) is 0 Å². The number of benzene rings is 2. The zero-order chi connectivity index (χ0) is 23.0. The maximum absolute atomic E-state index is 13.2. The van der Waals surface area contributed by atoms with E-state index < -0.39 is 28.5 Å². The molecule has 0 aliphatic carbocycles. The molecule has 1 N–H and O–H groups in total. The van der Waals surface area contributed by atoms with Gasteiger partial charge in [0.25, 0.3) is 15.9 Å². The molecule has 1 atom stereocenters. The van der Waals surface area contributed by atoms with Crippen molar-refractivity contribution in [3.63, 3.8) is 0 Å². The number of nitrogens with zero attached hydrogens (tertiary/aromatic N) is 1. The van der Waals surface area contributed by atoms with Crippen LogP contribution in [0.4, 0.5) is 5.69 Å². The minimum absolute atomic E-state index is 0.0142. The van der Waals surface area contributed by atoms with Crippen molar-refractivity contribution in [2.24, 2.45) is 0 Å². The van der Waals surface area contributed by atoms with E-state index in [-0.39, 0.29) is 23.1 Å². The molecule has 1 aliphatic rings. The van der Waals surface area contributed by atoms with Gasteiger partial charge in [0.2, 0.25) is 0 Å². The van der Waals surface area contributed by atoms with Gasteiger partial charge in [-0.1, -0.05) is 30.3 Å². The van der Waals surface area contributed by atoms with Gasteiger partial charge in [0.05, 0.1) is 28.8 Å². The summed E-state index contributed by atoms with van der Waals surface area (Å²) in [5.74, 6) is -1.23. The second-order valence-electron chi connectivity index (χ2n) is 7.20. The van der Waals surface area contributed by atoms with Crippen LogP contribution in [-0.4, -0.2) is 52.7 Å². The number of amides is 1. The molecule has 3 rings (SSSR count). The summed E-state index contributed by atoms with van der Waals surface area (Å²) >= 11 is 0. The molecule has 8 nitrogen and oxygen atoms in total. The maximum Gasteiger partial charge on any atom is 0.338 e. The van der Waals surface area contributed by atoms with Gasteiger partial charge in [-0.15, -0.1) is 6.58 Å².